The second-order valence-electron chi connectivity index (χ2n) is 4.77. The first-order valence-corrected chi connectivity index (χ1v) is 7.30. The minimum atomic E-state index is -0.0451. The summed E-state index contributed by atoms with van der Waals surface area (Å²) in [6.45, 7) is 5.05. The third-order valence-corrected chi connectivity index (χ3v) is 4.03. The number of rotatable bonds is 4. The van der Waals surface area contributed by atoms with Crippen LogP contribution in [-0.2, 0) is 4.74 Å². The van der Waals surface area contributed by atoms with E-state index >= 15 is 0 Å². The summed E-state index contributed by atoms with van der Waals surface area (Å²) in [5, 5.41) is 3.48. The highest BCUT2D eigenvalue weighted by molar-refractivity contribution is 6.31. The van der Waals surface area contributed by atoms with E-state index in [1.807, 2.05) is 0 Å². The van der Waals surface area contributed by atoms with Crippen LogP contribution in [0.4, 0.5) is 5.95 Å². The van der Waals surface area contributed by atoms with Gasteiger partial charge in [0.15, 0.2) is 0 Å². The van der Waals surface area contributed by atoms with Crippen LogP contribution in [0.2, 0.25) is 10.6 Å². The number of aromatic nitrogens is 3. The van der Waals surface area contributed by atoms with Crippen molar-refractivity contribution in [3.8, 4) is 0 Å². The van der Waals surface area contributed by atoms with Gasteiger partial charge in [-0.3, -0.25) is 0 Å². The number of halogens is 2. The molecule has 0 aromatic carbocycles. The predicted octanol–water partition coefficient (Wildman–Crippen LogP) is 3.33. The van der Waals surface area contributed by atoms with E-state index in [9.17, 15) is 0 Å². The van der Waals surface area contributed by atoms with Gasteiger partial charge in [-0.1, -0.05) is 13.8 Å². The van der Waals surface area contributed by atoms with Gasteiger partial charge >= 0.3 is 0 Å². The maximum Gasteiger partial charge on any atom is 0.228 e. The van der Waals surface area contributed by atoms with Crippen molar-refractivity contribution in [1.82, 2.24) is 15.0 Å². The highest BCUT2D eigenvalue weighted by Gasteiger charge is 2.34. The number of anilines is 1. The Morgan fingerprint density at radius 2 is 1.84 bits per heavy atom. The maximum absolute atomic E-state index is 5.93. The number of nitrogens with one attached hydrogen (secondary N) is 1. The molecule has 1 unspecified atom stereocenters. The van der Waals surface area contributed by atoms with Gasteiger partial charge in [-0.15, -0.1) is 0 Å². The van der Waals surface area contributed by atoms with Gasteiger partial charge < -0.3 is 10.1 Å². The highest BCUT2D eigenvalue weighted by Crippen LogP contribution is 2.32. The summed E-state index contributed by atoms with van der Waals surface area (Å²) < 4.78 is 5.93. The van der Waals surface area contributed by atoms with E-state index in [-0.39, 0.29) is 22.2 Å². The molecule has 1 aliphatic rings. The van der Waals surface area contributed by atoms with Crippen molar-refractivity contribution in [1.29, 1.82) is 0 Å². The van der Waals surface area contributed by atoms with Gasteiger partial charge in [0.1, 0.15) is 0 Å². The molecule has 19 heavy (non-hydrogen) atoms. The van der Waals surface area contributed by atoms with Crippen LogP contribution in [-0.4, -0.2) is 33.2 Å². The molecule has 1 aromatic rings. The Morgan fingerprint density at radius 1 is 1.21 bits per heavy atom. The molecule has 1 fully saturated rings. The first-order valence-electron chi connectivity index (χ1n) is 6.54. The summed E-state index contributed by atoms with van der Waals surface area (Å²) in [5.41, 5.74) is -0.0451. The first kappa shape index (κ1) is 14.8. The minimum Gasteiger partial charge on any atom is -0.375 e. The van der Waals surface area contributed by atoms with E-state index < -0.39 is 0 Å². The van der Waals surface area contributed by atoms with Crippen molar-refractivity contribution in [2.45, 2.75) is 51.2 Å². The quantitative estimate of drug-likeness (QED) is 0.924. The molecule has 0 spiro atoms. The zero-order valence-electron chi connectivity index (χ0n) is 11.1. The molecular formula is C12H18Cl2N4O. The Kier molecular flexibility index (Phi) is 4.81. The zero-order valence-corrected chi connectivity index (χ0v) is 12.6. The summed E-state index contributed by atoms with van der Waals surface area (Å²) >= 11 is 11.5. The van der Waals surface area contributed by atoms with Crippen molar-refractivity contribution >= 4 is 29.2 Å². The molecule has 2 heterocycles. The van der Waals surface area contributed by atoms with Crippen LogP contribution in [0.25, 0.3) is 0 Å². The minimum absolute atomic E-state index is 0.0451. The predicted molar refractivity (Wildman–Crippen MR) is 75.8 cm³/mol. The standard InChI is InChI=1S/C12H18Cl2N4O/c1-3-12(4-2)7-8(5-6-19-12)15-11-17-9(13)16-10(14)18-11/h8H,3-7H2,1-2H3,(H,15,16,17,18). The number of nitrogens with zero attached hydrogens (tertiary/aromatic N) is 3. The molecule has 0 saturated carbocycles. The second-order valence-corrected chi connectivity index (χ2v) is 5.45. The Hall–Kier alpha value is -0.650. The zero-order chi connectivity index (χ0) is 13.9. The normalized spacial score (nSPS) is 22.2. The lowest BCUT2D eigenvalue weighted by molar-refractivity contribution is -0.0865. The van der Waals surface area contributed by atoms with Crippen LogP contribution in [0, 0.1) is 0 Å². The fourth-order valence-corrected chi connectivity index (χ4v) is 2.83. The van der Waals surface area contributed by atoms with Crippen LogP contribution in [0.15, 0.2) is 0 Å². The Balaban J connectivity index is 2.06. The van der Waals surface area contributed by atoms with Crippen LogP contribution in [0.3, 0.4) is 0 Å². The molecule has 7 heteroatoms. The SMILES string of the molecule is CCC1(CC)CC(Nc2nc(Cl)nc(Cl)n2)CCO1. The first-order chi connectivity index (χ1) is 9.07. The van der Waals surface area contributed by atoms with Crippen LogP contribution in [0.1, 0.15) is 39.5 Å². The van der Waals surface area contributed by atoms with Crippen molar-refractivity contribution in [3.63, 3.8) is 0 Å². The molecular weight excluding hydrogens is 287 g/mol. The van der Waals surface area contributed by atoms with Gasteiger partial charge in [0.05, 0.1) is 5.60 Å². The van der Waals surface area contributed by atoms with E-state index in [1.54, 1.807) is 0 Å². The van der Waals surface area contributed by atoms with Crippen LogP contribution < -0.4 is 5.32 Å². The molecule has 1 aliphatic heterocycles. The topological polar surface area (TPSA) is 59.9 Å². The van der Waals surface area contributed by atoms with Gasteiger partial charge in [-0.05, 0) is 48.9 Å². The Morgan fingerprint density at radius 3 is 2.42 bits per heavy atom. The third kappa shape index (κ3) is 3.68. The molecule has 1 aromatic heterocycles. The molecule has 5 nitrogen and oxygen atoms in total. The molecule has 2 rings (SSSR count). The summed E-state index contributed by atoms with van der Waals surface area (Å²) in [6.07, 6.45) is 3.85. The molecule has 0 bridgehead atoms. The summed E-state index contributed by atoms with van der Waals surface area (Å²) in [4.78, 5) is 11.8. The molecule has 0 aliphatic carbocycles. The molecule has 0 amide bonds. The Labute approximate surface area is 123 Å². The van der Waals surface area contributed by atoms with Crippen molar-refractivity contribution in [2.75, 3.05) is 11.9 Å². The van der Waals surface area contributed by atoms with E-state index in [1.165, 1.54) is 0 Å². The highest BCUT2D eigenvalue weighted by atomic mass is 35.5. The lowest BCUT2D eigenvalue weighted by atomic mass is 9.86. The lowest BCUT2D eigenvalue weighted by Crippen LogP contribution is -2.43. The van der Waals surface area contributed by atoms with Gasteiger partial charge in [-0.2, -0.15) is 15.0 Å². The van der Waals surface area contributed by atoms with Gasteiger partial charge in [0.2, 0.25) is 16.5 Å². The van der Waals surface area contributed by atoms with Gasteiger partial charge in [-0.25, -0.2) is 0 Å². The molecule has 1 saturated heterocycles. The van der Waals surface area contributed by atoms with E-state index in [4.69, 9.17) is 27.9 Å². The summed E-state index contributed by atoms with van der Waals surface area (Å²) in [6, 6.07) is 0.267. The van der Waals surface area contributed by atoms with E-state index in [2.05, 4.69) is 34.1 Å². The smallest absolute Gasteiger partial charge is 0.228 e. The van der Waals surface area contributed by atoms with Crippen molar-refractivity contribution in [2.24, 2.45) is 0 Å². The molecule has 1 N–H and O–H groups in total. The monoisotopic (exact) mass is 304 g/mol. The van der Waals surface area contributed by atoms with Crippen molar-refractivity contribution < 1.29 is 4.74 Å². The third-order valence-electron chi connectivity index (χ3n) is 3.70. The van der Waals surface area contributed by atoms with Gasteiger partial charge in [0, 0.05) is 12.6 Å². The van der Waals surface area contributed by atoms with Crippen LogP contribution in [0.5, 0.6) is 0 Å². The number of ether oxygens (including phenoxy) is 1. The Bertz CT molecular complexity index is 419. The molecule has 1 atom stereocenters. The fourth-order valence-electron chi connectivity index (χ4n) is 2.47. The van der Waals surface area contributed by atoms with Crippen LogP contribution >= 0.6 is 23.2 Å². The van der Waals surface area contributed by atoms with E-state index in [0.717, 1.165) is 32.3 Å². The average Bonchev–Trinajstić information content (AvgIpc) is 2.37. The number of hydrogen-bond donors (Lipinski definition) is 1. The summed E-state index contributed by atoms with van der Waals surface area (Å²) in [5.74, 6) is 0.429. The average molecular weight is 305 g/mol. The lowest BCUT2D eigenvalue weighted by Gasteiger charge is -2.40. The largest absolute Gasteiger partial charge is 0.375 e. The second kappa shape index (κ2) is 6.20. The number of hydrogen-bond acceptors (Lipinski definition) is 5. The maximum atomic E-state index is 5.93. The molecule has 0 radical (unpaired) electrons. The van der Waals surface area contributed by atoms with Crippen molar-refractivity contribution in [3.05, 3.63) is 10.6 Å². The molecule has 106 valence electrons. The van der Waals surface area contributed by atoms with Gasteiger partial charge in [0.25, 0.3) is 0 Å². The fraction of sp³-hybridized carbons (Fsp3) is 0.750. The summed E-state index contributed by atoms with van der Waals surface area (Å²) in [7, 11) is 0. The van der Waals surface area contributed by atoms with E-state index in [0.29, 0.717) is 5.95 Å².